The van der Waals surface area contributed by atoms with Gasteiger partial charge in [0.1, 0.15) is 5.75 Å². The summed E-state index contributed by atoms with van der Waals surface area (Å²) in [6.07, 6.45) is 3.61. The van der Waals surface area contributed by atoms with Crippen LogP contribution in [0.15, 0.2) is 29.3 Å². The molecular formula is C21H32N4O2. The number of hydrogen-bond acceptors (Lipinski definition) is 4. The van der Waals surface area contributed by atoms with Crippen molar-refractivity contribution in [3.8, 4) is 5.75 Å². The zero-order valence-electron chi connectivity index (χ0n) is 16.6. The van der Waals surface area contributed by atoms with E-state index in [4.69, 9.17) is 9.47 Å². The van der Waals surface area contributed by atoms with Gasteiger partial charge in [0, 0.05) is 51.8 Å². The summed E-state index contributed by atoms with van der Waals surface area (Å²) in [4.78, 5) is 9.40. The van der Waals surface area contributed by atoms with Crippen molar-refractivity contribution in [2.75, 3.05) is 65.0 Å². The van der Waals surface area contributed by atoms with E-state index in [0.29, 0.717) is 11.3 Å². The summed E-state index contributed by atoms with van der Waals surface area (Å²) >= 11 is 0. The largest absolute Gasteiger partial charge is 0.495 e. The summed E-state index contributed by atoms with van der Waals surface area (Å²) in [6.45, 7) is 7.10. The Morgan fingerprint density at radius 3 is 3.00 bits per heavy atom. The topological polar surface area (TPSA) is 49.3 Å². The molecule has 0 amide bonds. The van der Waals surface area contributed by atoms with Crippen LogP contribution in [0.2, 0.25) is 0 Å². The number of nitrogens with one attached hydrogen (secondary N) is 1. The first-order valence-corrected chi connectivity index (χ1v) is 10.1. The minimum absolute atomic E-state index is 0.367. The third-order valence-electron chi connectivity index (χ3n) is 6.40. The van der Waals surface area contributed by atoms with Gasteiger partial charge in [0.05, 0.1) is 19.4 Å². The molecule has 6 heteroatoms. The van der Waals surface area contributed by atoms with Crippen molar-refractivity contribution in [3.63, 3.8) is 0 Å². The highest BCUT2D eigenvalue weighted by Crippen LogP contribution is 2.38. The number of rotatable bonds is 4. The van der Waals surface area contributed by atoms with Crippen LogP contribution in [-0.2, 0) is 4.74 Å². The smallest absolute Gasteiger partial charge is 0.193 e. The lowest BCUT2D eigenvalue weighted by molar-refractivity contribution is 0.156. The molecule has 3 saturated heterocycles. The van der Waals surface area contributed by atoms with Gasteiger partial charge < -0.3 is 24.6 Å². The van der Waals surface area contributed by atoms with Crippen molar-refractivity contribution < 1.29 is 9.47 Å². The zero-order valence-corrected chi connectivity index (χ0v) is 16.6. The number of hydrogen-bond donors (Lipinski definition) is 1. The van der Waals surface area contributed by atoms with Crippen molar-refractivity contribution in [1.29, 1.82) is 0 Å². The molecular weight excluding hydrogens is 340 g/mol. The molecule has 0 aliphatic carbocycles. The average Bonchev–Trinajstić information content (AvgIpc) is 3.45. The SMILES string of the molecule is CN=C(NCC1CCN(c2ccccc2OC)C1)N1CCC2(CCOC2)C1. The molecule has 1 aromatic rings. The molecule has 6 nitrogen and oxygen atoms in total. The molecule has 1 spiro atoms. The van der Waals surface area contributed by atoms with Gasteiger partial charge >= 0.3 is 0 Å². The second-order valence-corrected chi connectivity index (χ2v) is 8.17. The summed E-state index contributed by atoms with van der Waals surface area (Å²) in [5.41, 5.74) is 1.57. The molecule has 2 atom stereocenters. The lowest BCUT2D eigenvalue weighted by Crippen LogP contribution is -2.43. The second kappa shape index (κ2) is 7.97. The van der Waals surface area contributed by atoms with Crippen LogP contribution in [0.3, 0.4) is 0 Å². The number of nitrogens with zero attached hydrogens (tertiary/aromatic N) is 3. The lowest BCUT2D eigenvalue weighted by Gasteiger charge is -2.26. The van der Waals surface area contributed by atoms with Crippen molar-refractivity contribution >= 4 is 11.6 Å². The van der Waals surface area contributed by atoms with Crippen molar-refractivity contribution in [2.45, 2.75) is 19.3 Å². The van der Waals surface area contributed by atoms with Crippen LogP contribution < -0.4 is 15.0 Å². The first kappa shape index (κ1) is 18.4. The van der Waals surface area contributed by atoms with Gasteiger partial charge in [-0.2, -0.15) is 0 Å². The predicted molar refractivity (Wildman–Crippen MR) is 109 cm³/mol. The molecule has 1 N–H and O–H groups in total. The van der Waals surface area contributed by atoms with E-state index in [0.717, 1.165) is 57.6 Å². The number of likely N-dealkylation sites (tertiary alicyclic amines) is 1. The molecule has 0 bridgehead atoms. The summed E-state index contributed by atoms with van der Waals surface area (Å²) in [7, 11) is 3.64. The Morgan fingerprint density at radius 2 is 2.22 bits per heavy atom. The molecule has 2 unspecified atom stereocenters. The van der Waals surface area contributed by atoms with E-state index in [1.165, 1.54) is 24.9 Å². The Balaban J connectivity index is 1.30. The maximum absolute atomic E-state index is 5.66. The summed E-state index contributed by atoms with van der Waals surface area (Å²) in [5, 5.41) is 3.64. The van der Waals surface area contributed by atoms with Crippen LogP contribution in [0, 0.1) is 11.3 Å². The molecule has 3 aliphatic rings. The number of guanidine groups is 1. The standard InChI is InChI=1S/C21H32N4O2/c1-22-20(25-11-8-21(15-25)9-12-27-16-21)23-13-17-7-10-24(14-17)18-5-3-4-6-19(18)26-2/h3-6,17H,7-16H2,1-2H3,(H,22,23). The van der Waals surface area contributed by atoms with Gasteiger partial charge in [-0.1, -0.05) is 12.1 Å². The Bertz CT molecular complexity index is 672. The van der Waals surface area contributed by atoms with E-state index >= 15 is 0 Å². The van der Waals surface area contributed by atoms with Gasteiger partial charge in [0.25, 0.3) is 0 Å². The average molecular weight is 373 g/mol. The zero-order chi connectivity index (χ0) is 18.7. The molecule has 3 aliphatic heterocycles. The van der Waals surface area contributed by atoms with Crippen LogP contribution >= 0.6 is 0 Å². The van der Waals surface area contributed by atoms with E-state index < -0.39 is 0 Å². The minimum atomic E-state index is 0.367. The van der Waals surface area contributed by atoms with E-state index in [2.05, 4.69) is 32.2 Å². The molecule has 4 rings (SSSR count). The fourth-order valence-corrected chi connectivity index (χ4v) is 4.76. The highest BCUT2D eigenvalue weighted by molar-refractivity contribution is 5.80. The fourth-order valence-electron chi connectivity index (χ4n) is 4.76. The quantitative estimate of drug-likeness (QED) is 0.649. The molecule has 0 radical (unpaired) electrons. The van der Waals surface area contributed by atoms with E-state index in [1.807, 2.05) is 19.2 Å². The number of methoxy groups -OCH3 is 1. The Kier molecular flexibility index (Phi) is 5.43. The normalized spacial score (nSPS) is 28.4. The molecule has 0 aromatic heterocycles. The Morgan fingerprint density at radius 1 is 1.33 bits per heavy atom. The van der Waals surface area contributed by atoms with E-state index in [1.54, 1.807) is 7.11 Å². The monoisotopic (exact) mass is 372 g/mol. The minimum Gasteiger partial charge on any atom is -0.495 e. The lowest BCUT2D eigenvalue weighted by atomic mass is 9.87. The third kappa shape index (κ3) is 3.86. The van der Waals surface area contributed by atoms with Crippen molar-refractivity contribution in [3.05, 3.63) is 24.3 Å². The Labute approximate surface area is 162 Å². The van der Waals surface area contributed by atoms with Gasteiger partial charge in [-0.3, -0.25) is 4.99 Å². The van der Waals surface area contributed by atoms with E-state index in [9.17, 15) is 0 Å². The number of anilines is 1. The first-order chi connectivity index (χ1) is 13.2. The number of aliphatic imine (C=N–C) groups is 1. The molecule has 3 fully saturated rings. The van der Waals surface area contributed by atoms with Crippen molar-refractivity contribution in [2.24, 2.45) is 16.3 Å². The van der Waals surface area contributed by atoms with Crippen LogP contribution in [0.4, 0.5) is 5.69 Å². The van der Waals surface area contributed by atoms with E-state index in [-0.39, 0.29) is 0 Å². The molecule has 27 heavy (non-hydrogen) atoms. The van der Waals surface area contributed by atoms with Crippen LogP contribution in [0.25, 0.3) is 0 Å². The van der Waals surface area contributed by atoms with Crippen LogP contribution in [0.1, 0.15) is 19.3 Å². The summed E-state index contributed by atoms with van der Waals surface area (Å²) < 4.78 is 11.2. The third-order valence-corrected chi connectivity index (χ3v) is 6.40. The summed E-state index contributed by atoms with van der Waals surface area (Å²) in [6, 6.07) is 8.31. The highest BCUT2D eigenvalue weighted by Gasteiger charge is 2.42. The van der Waals surface area contributed by atoms with Gasteiger partial charge in [-0.05, 0) is 37.3 Å². The summed E-state index contributed by atoms with van der Waals surface area (Å²) in [5.74, 6) is 2.63. The first-order valence-electron chi connectivity index (χ1n) is 10.1. The number of ether oxygens (including phenoxy) is 2. The fraction of sp³-hybridized carbons (Fsp3) is 0.667. The molecule has 1 aromatic carbocycles. The van der Waals surface area contributed by atoms with Crippen LogP contribution in [-0.4, -0.2) is 71.0 Å². The predicted octanol–water partition coefficient (Wildman–Crippen LogP) is 2.21. The highest BCUT2D eigenvalue weighted by atomic mass is 16.5. The van der Waals surface area contributed by atoms with Gasteiger partial charge in [-0.25, -0.2) is 0 Å². The van der Waals surface area contributed by atoms with Gasteiger partial charge in [0.2, 0.25) is 0 Å². The number of para-hydroxylation sites is 2. The number of benzene rings is 1. The molecule has 3 heterocycles. The molecule has 148 valence electrons. The van der Waals surface area contributed by atoms with Crippen LogP contribution in [0.5, 0.6) is 5.75 Å². The second-order valence-electron chi connectivity index (χ2n) is 8.17. The maximum atomic E-state index is 5.66. The van der Waals surface area contributed by atoms with Gasteiger partial charge in [-0.15, -0.1) is 0 Å². The van der Waals surface area contributed by atoms with Gasteiger partial charge in [0.15, 0.2) is 5.96 Å². The Hall–Kier alpha value is -1.95. The maximum Gasteiger partial charge on any atom is 0.193 e. The van der Waals surface area contributed by atoms with Crippen molar-refractivity contribution in [1.82, 2.24) is 10.2 Å². The molecule has 0 saturated carbocycles.